The van der Waals surface area contributed by atoms with Gasteiger partial charge >= 0.3 is 6.03 Å². The SMILES string of the molecule is COc1c(NC(=O)NC2CC(F)(F)C2)cccc1Nc1ncc2c(n1)N(C1CCCC1)CC(C)(C)C(=O)N2C. The van der Waals surface area contributed by atoms with Crippen molar-refractivity contribution in [3.63, 3.8) is 0 Å². The van der Waals surface area contributed by atoms with E-state index in [1.807, 2.05) is 13.8 Å². The van der Waals surface area contributed by atoms with E-state index in [1.165, 1.54) is 7.11 Å². The van der Waals surface area contributed by atoms with Crippen molar-refractivity contribution in [1.82, 2.24) is 15.3 Å². The summed E-state index contributed by atoms with van der Waals surface area (Å²) in [6, 6.07) is 4.27. The number of urea groups is 1. The zero-order chi connectivity index (χ0) is 27.9. The van der Waals surface area contributed by atoms with Crippen LogP contribution < -0.4 is 30.5 Å². The van der Waals surface area contributed by atoms with Crippen molar-refractivity contribution in [1.29, 1.82) is 0 Å². The van der Waals surface area contributed by atoms with Gasteiger partial charge < -0.3 is 30.5 Å². The smallest absolute Gasteiger partial charge is 0.319 e. The predicted molar refractivity (Wildman–Crippen MR) is 145 cm³/mol. The van der Waals surface area contributed by atoms with Gasteiger partial charge in [-0.2, -0.15) is 4.98 Å². The number of benzene rings is 1. The maximum atomic E-state index is 13.2. The standard InChI is InChI=1S/C27H35F2N7O3/c1-26(2)15-36(17-8-5-6-9-17)22-20(35(3)23(26)37)14-30-24(34-22)32-18-10-7-11-19(21(18)39-4)33-25(38)31-16-12-27(28,29)13-16/h7,10-11,14,16-17H,5-6,8-9,12-13,15H2,1-4H3,(H,30,32,34)(H2,31,33,38). The summed E-state index contributed by atoms with van der Waals surface area (Å²) in [5.41, 5.74) is 0.936. The zero-order valence-corrected chi connectivity index (χ0v) is 22.7. The van der Waals surface area contributed by atoms with Crippen molar-refractivity contribution in [2.75, 3.05) is 41.1 Å². The highest BCUT2D eigenvalue weighted by molar-refractivity contribution is 6.01. The molecular formula is C27H35F2N7O3. The summed E-state index contributed by atoms with van der Waals surface area (Å²) in [6.45, 7) is 4.47. The van der Waals surface area contributed by atoms with Crippen molar-refractivity contribution in [3.8, 4) is 5.75 Å². The van der Waals surface area contributed by atoms with Gasteiger partial charge in [0.25, 0.3) is 5.92 Å². The molecule has 0 bridgehead atoms. The Labute approximate surface area is 226 Å². The van der Waals surface area contributed by atoms with Crippen molar-refractivity contribution in [2.45, 2.75) is 70.4 Å². The highest BCUT2D eigenvalue weighted by atomic mass is 19.3. The van der Waals surface area contributed by atoms with Gasteiger partial charge in [-0.05, 0) is 38.8 Å². The molecule has 3 amide bonds. The number of fused-ring (bicyclic) bond motifs is 1. The molecule has 0 unspecified atom stereocenters. The number of nitrogens with zero attached hydrogens (tertiary/aromatic N) is 4. The first-order valence-corrected chi connectivity index (χ1v) is 13.3. The van der Waals surface area contributed by atoms with Crippen LogP contribution in [0.4, 0.5) is 42.4 Å². The zero-order valence-electron chi connectivity index (χ0n) is 22.7. The lowest BCUT2D eigenvalue weighted by molar-refractivity contribution is -0.125. The molecule has 2 fully saturated rings. The van der Waals surface area contributed by atoms with E-state index in [2.05, 4.69) is 25.8 Å². The minimum absolute atomic E-state index is 0.0119. The molecule has 1 aromatic carbocycles. The van der Waals surface area contributed by atoms with Crippen molar-refractivity contribution in [2.24, 2.45) is 5.41 Å². The number of carbonyl (C=O) groups is 2. The van der Waals surface area contributed by atoms with E-state index >= 15 is 0 Å². The fourth-order valence-electron chi connectivity index (χ4n) is 5.71. The van der Waals surface area contributed by atoms with Crippen LogP contribution in [-0.4, -0.2) is 60.6 Å². The molecular weight excluding hydrogens is 508 g/mol. The maximum Gasteiger partial charge on any atom is 0.319 e. The van der Waals surface area contributed by atoms with Gasteiger partial charge in [0.2, 0.25) is 11.9 Å². The molecule has 1 aromatic heterocycles. The molecule has 0 saturated heterocycles. The Kier molecular flexibility index (Phi) is 6.98. The topological polar surface area (TPSA) is 112 Å². The largest absolute Gasteiger partial charge is 0.492 e. The number of aromatic nitrogens is 2. The lowest BCUT2D eigenvalue weighted by Gasteiger charge is -2.35. The maximum absolute atomic E-state index is 13.2. The fourth-order valence-corrected chi connectivity index (χ4v) is 5.71. The first-order chi connectivity index (χ1) is 18.5. The van der Waals surface area contributed by atoms with E-state index < -0.39 is 23.4 Å². The van der Waals surface area contributed by atoms with Gasteiger partial charge in [-0.1, -0.05) is 18.9 Å². The Bertz CT molecular complexity index is 1260. The summed E-state index contributed by atoms with van der Waals surface area (Å²) in [4.78, 5) is 38.9. The number of alkyl halides is 2. The average Bonchev–Trinajstić information content (AvgIpc) is 3.38. The molecule has 0 radical (unpaired) electrons. The van der Waals surface area contributed by atoms with Crippen LogP contribution in [0.3, 0.4) is 0 Å². The highest BCUT2D eigenvalue weighted by Gasteiger charge is 2.46. The highest BCUT2D eigenvalue weighted by Crippen LogP contribution is 2.41. The Hall–Kier alpha value is -3.70. The van der Waals surface area contributed by atoms with Crippen molar-refractivity contribution >= 4 is 40.8 Å². The summed E-state index contributed by atoms with van der Waals surface area (Å²) in [7, 11) is 3.23. The normalized spacial score (nSPS) is 20.6. The molecule has 1 aliphatic heterocycles. The van der Waals surface area contributed by atoms with Crippen LogP contribution in [0.25, 0.3) is 0 Å². The molecule has 0 atom stereocenters. The van der Waals surface area contributed by atoms with Crippen LogP contribution in [0.1, 0.15) is 52.4 Å². The van der Waals surface area contributed by atoms with Crippen LogP contribution in [0.5, 0.6) is 5.75 Å². The molecule has 39 heavy (non-hydrogen) atoms. The van der Waals surface area contributed by atoms with Gasteiger partial charge in [0.1, 0.15) is 5.69 Å². The summed E-state index contributed by atoms with van der Waals surface area (Å²) >= 11 is 0. The van der Waals surface area contributed by atoms with Gasteiger partial charge in [-0.3, -0.25) is 4.79 Å². The van der Waals surface area contributed by atoms with Crippen molar-refractivity contribution < 1.29 is 23.1 Å². The van der Waals surface area contributed by atoms with Crippen LogP contribution in [0, 0.1) is 5.41 Å². The van der Waals surface area contributed by atoms with E-state index in [0.29, 0.717) is 47.2 Å². The number of para-hydroxylation sites is 1. The van der Waals surface area contributed by atoms with Crippen LogP contribution >= 0.6 is 0 Å². The van der Waals surface area contributed by atoms with E-state index in [9.17, 15) is 18.4 Å². The number of halogens is 2. The van der Waals surface area contributed by atoms with E-state index in [4.69, 9.17) is 9.72 Å². The Morgan fingerprint density at radius 1 is 1.15 bits per heavy atom. The predicted octanol–water partition coefficient (Wildman–Crippen LogP) is 4.90. The minimum atomic E-state index is -2.72. The number of anilines is 5. The quantitative estimate of drug-likeness (QED) is 0.475. The summed E-state index contributed by atoms with van der Waals surface area (Å²) in [5.74, 6) is -1.36. The van der Waals surface area contributed by atoms with Gasteiger partial charge in [-0.25, -0.2) is 18.6 Å². The number of hydrogen-bond acceptors (Lipinski definition) is 7. The number of rotatable bonds is 6. The molecule has 5 rings (SSSR count). The molecule has 0 spiro atoms. The number of carbonyl (C=O) groups excluding carboxylic acids is 2. The first-order valence-electron chi connectivity index (χ1n) is 13.3. The minimum Gasteiger partial charge on any atom is -0.492 e. The second-order valence-corrected chi connectivity index (χ2v) is 11.3. The van der Waals surface area contributed by atoms with Gasteiger partial charge in [0.15, 0.2) is 11.6 Å². The summed E-state index contributed by atoms with van der Waals surface area (Å²) < 4.78 is 31.8. The molecule has 2 aliphatic carbocycles. The molecule has 2 heterocycles. The lowest BCUT2D eigenvalue weighted by atomic mass is 9.88. The van der Waals surface area contributed by atoms with Crippen LogP contribution in [-0.2, 0) is 4.79 Å². The van der Waals surface area contributed by atoms with E-state index in [-0.39, 0.29) is 18.7 Å². The average molecular weight is 544 g/mol. The number of methoxy groups -OCH3 is 1. The van der Waals surface area contributed by atoms with Crippen molar-refractivity contribution in [3.05, 3.63) is 24.4 Å². The molecule has 210 valence electrons. The monoisotopic (exact) mass is 543 g/mol. The Balaban J connectivity index is 1.40. The molecule has 3 N–H and O–H groups in total. The van der Waals surface area contributed by atoms with Gasteiger partial charge in [0, 0.05) is 38.5 Å². The number of amides is 3. The second kappa shape index (κ2) is 10.1. The molecule has 12 heteroatoms. The Morgan fingerprint density at radius 2 is 1.85 bits per heavy atom. The molecule has 3 aliphatic rings. The third-order valence-electron chi connectivity index (χ3n) is 7.74. The Morgan fingerprint density at radius 3 is 2.51 bits per heavy atom. The summed E-state index contributed by atoms with van der Waals surface area (Å²) in [6.07, 6.45) is 5.29. The first kappa shape index (κ1) is 26.9. The van der Waals surface area contributed by atoms with Crippen LogP contribution in [0.15, 0.2) is 24.4 Å². The van der Waals surface area contributed by atoms with Gasteiger partial charge in [-0.15, -0.1) is 0 Å². The van der Waals surface area contributed by atoms with Gasteiger partial charge in [0.05, 0.1) is 30.1 Å². The summed E-state index contributed by atoms with van der Waals surface area (Å²) in [5, 5.41) is 8.43. The molecule has 10 nitrogen and oxygen atoms in total. The fraction of sp³-hybridized carbons (Fsp3) is 0.556. The van der Waals surface area contributed by atoms with E-state index in [1.54, 1.807) is 36.3 Å². The van der Waals surface area contributed by atoms with Crippen LogP contribution in [0.2, 0.25) is 0 Å². The number of ether oxygens (including phenoxy) is 1. The lowest BCUT2D eigenvalue weighted by Crippen LogP contribution is -2.51. The number of hydrogen-bond donors (Lipinski definition) is 3. The third kappa shape index (κ3) is 5.41. The molecule has 2 saturated carbocycles. The number of nitrogens with one attached hydrogen (secondary N) is 3. The van der Waals surface area contributed by atoms with E-state index in [0.717, 1.165) is 25.7 Å². The molecule has 2 aromatic rings. The second-order valence-electron chi connectivity index (χ2n) is 11.3. The third-order valence-corrected chi connectivity index (χ3v) is 7.74.